The molecule has 1 aliphatic heterocycles. The topological polar surface area (TPSA) is 51.8 Å². The molecule has 1 saturated heterocycles. The summed E-state index contributed by atoms with van der Waals surface area (Å²) >= 11 is 0. The van der Waals surface area contributed by atoms with Crippen LogP contribution in [0.1, 0.15) is 11.3 Å². The second-order valence-electron chi connectivity index (χ2n) is 5.29. The van der Waals surface area contributed by atoms with Gasteiger partial charge in [-0.1, -0.05) is 18.2 Å². The highest BCUT2D eigenvalue weighted by Gasteiger charge is 2.15. The molecule has 1 aromatic heterocycles. The van der Waals surface area contributed by atoms with Crippen LogP contribution in [0.15, 0.2) is 40.2 Å². The number of rotatable bonds is 3. The summed E-state index contributed by atoms with van der Waals surface area (Å²) in [6.45, 7) is 4.81. The lowest BCUT2D eigenvalue weighted by Crippen LogP contribution is -2.32. The normalized spacial score (nSPS) is 15.6. The standard InChI is InChI=1S/C16H20N4O2/c1-13-15(12-17-19-8-10-22-11-9-19)16(21)20(18(13)2)14-6-4-3-5-7-14/h3-7,12H,8-11H2,1-2H3/b17-12-. The Kier molecular flexibility index (Phi) is 4.11. The fraction of sp³-hybridized carbons (Fsp3) is 0.375. The lowest BCUT2D eigenvalue weighted by molar-refractivity contribution is 0.0397. The molecule has 1 aromatic carbocycles. The molecule has 0 atom stereocenters. The molecule has 0 amide bonds. The monoisotopic (exact) mass is 300 g/mol. The molecule has 116 valence electrons. The van der Waals surface area contributed by atoms with Gasteiger partial charge < -0.3 is 4.74 Å². The van der Waals surface area contributed by atoms with E-state index < -0.39 is 0 Å². The molecule has 0 saturated carbocycles. The molecule has 3 rings (SSSR count). The summed E-state index contributed by atoms with van der Waals surface area (Å²) < 4.78 is 8.82. The average molecular weight is 300 g/mol. The number of hydrogen-bond acceptors (Lipinski definition) is 4. The maximum absolute atomic E-state index is 12.7. The Balaban J connectivity index is 1.96. The van der Waals surface area contributed by atoms with E-state index in [1.54, 1.807) is 10.9 Å². The Labute approximate surface area is 129 Å². The molecule has 6 heteroatoms. The van der Waals surface area contributed by atoms with Crippen LogP contribution in [-0.4, -0.2) is 46.9 Å². The summed E-state index contributed by atoms with van der Waals surface area (Å²) in [5.74, 6) is 0. The van der Waals surface area contributed by atoms with E-state index in [2.05, 4.69) is 5.10 Å². The molecule has 0 radical (unpaired) electrons. The van der Waals surface area contributed by atoms with Crippen LogP contribution in [0.2, 0.25) is 0 Å². The van der Waals surface area contributed by atoms with Crippen molar-refractivity contribution in [2.45, 2.75) is 6.92 Å². The Morgan fingerprint density at radius 1 is 1.18 bits per heavy atom. The van der Waals surface area contributed by atoms with E-state index in [4.69, 9.17) is 4.74 Å². The number of ether oxygens (including phenoxy) is 1. The molecule has 1 aliphatic rings. The fourth-order valence-corrected chi connectivity index (χ4v) is 2.55. The third-order valence-corrected chi connectivity index (χ3v) is 3.94. The Bertz CT molecular complexity index is 725. The summed E-state index contributed by atoms with van der Waals surface area (Å²) in [7, 11) is 1.88. The second kappa shape index (κ2) is 6.19. The molecular weight excluding hydrogens is 280 g/mol. The van der Waals surface area contributed by atoms with Crippen LogP contribution in [0, 0.1) is 6.92 Å². The van der Waals surface area contributed by atoms with Crippen molar-refractivity contribution < 1.29 is 4.74 Å². The minimum Gasteiger partial charge on any atom is -0.378 e. The molecule has 0 aliphatic carbocycles. The first-order valence-corrected chi connectivity index (χ1v) is 7.39. The minimum atomic E-state index is -0.0526. The van der Waals surface area contributed by atoms with Crippen molar-refractivity contribution in [1.82, 2.24) is 14.4 Å². The van der Waals surface area contributed by atoms with E-state index in [0.717, 1.165) is 24.5 Å². The molecule has 0 bridgehead atoms. The lowest BCUT2D eigenvalue weighted by Gasteiger charge is -2.23. The van der Waals surface area contributed by atoms with Crippen LogP contribution in [0.5, 0.6) is 0 Å². The predicted octanol–water partition coefficient (Wildman–Crippen LogP) is 1.15. The smallest absolute Gasteiger partial charge is 0.280 e. The predicted molar refractivity (Wildman–Crippen MR) is 85.7 cm³/mol. The second-order valence-corrected chi connectivity index (χ2v) is 5.29. The zero-order valence-electron chi connectivity index (χ0n) is 12.9. The van der Waals surface area contributed by atoms with Gasteiger partial charge in [-0.25, -0.2) is 4.68 Å². The summed E-state index contributed by atoms with van der Waals surface area (Å²) in [6, 6.07) is 9.62. The van der Waals surface area contributed by atoms with Crippen molar-refractivity contribution in [2.75, 3.05) is 26.3 Å². The third-order valence-electron chi connectivity index (χ3n) is 3.94. The van der Waals surface area contributed by atoms with Gasteiger partial charge in [-0.05, 0) is 19.1 Å². The number of hydrogen-bond donors (Lipinski definition) is 0. The summed E-state index contributed by atoms with van der Waals surface area (Å²) in [6.07, 6.45) is 1.67. The SMILES string of the molecule is Cc1c(/C=N\N2CCOCC2)c(=O)n(-c2ccccc2)n1C. The van der Waals surface area contributed by atoms with Crippen LogP contribution < -0.4 is 5.56 Å². The van der Waals surface area contributed by atoms with Crippen LogP contribution in [0.4, 0.5) is 0 Å². The minimum absolute atomic E-state index is 0.0526. The quantitative estimate of drug-likeness (QED) is 0.799. The van der Waals surface area contributed by atoms with Crippen LogP contribution in [0.3, 0.4) is 0 Å². The summed E-state index contributed by atoms with van der Waals surface area (Å²) in [4.78, 5) is 12.7. The largest absolute Gasteiger partial charge is 0.378 e. The Morgan fingerprint density at radius 3 is 2.55 bits per heavy atom. The molecule has 2 aromatic rings. The van der Waals surface area contributed by atoms with Crippen molar-refractivity contribution in [3.63, 3.8) is 0 Å². The van der Waals surface area contributed by atoms with Gasteiger partial charge in [0.15, 0.2) is 0 Å². The van der Waals surface area contributed by atoms with Gasteiger partial charge in [0.05, 0.1) is 43.8 Å². The highest BCUT2D eigenvalue weighted by molar-refractivity contribution is 5.80. The van der Waals surface area contributed by atoms with Crippen molar-refractivity contribution in [1.29, 1.82) is 0 Å². The maximum atomic E-state index is 12.7. The fourth-order valence-electron chi connectivity index (χ4n) is 2.55. The van der Waals surface area contributed by atoms with E-state index in [1.165, 1.54) is 0 Å². The van der Waals surface area contributed by atoms with Gasteiger partial charge in [0, 0.05) is 12.7 Å². The maximum Gasteiger partial charge on any atom is 0.280 e. The van der Waals surface area contributed by atoms with Crippen LogP contribution >= 0.6 is 0 Å². The first-order valence-electron chi connectivity index (χ1n) is 7.39. The number of nitrogens with zero attached hydrogens (tertiary/aromatic N) is 4. The number of morpholine rings is 1. The molecule has 0 unspecified atom stereocenters. The number of hydrazone groups is 1. The average Bonchev–Trinajstić information content (AvgIpc) is 2.77. The number of benzene rings is 1. The van der Waals surface area contributed by atoms with Gasteiger partial charge >= 0.3 is 0 Å². The van der Waals surface area contributed by atoms with Gasteiger partial charge in [-0.15, -0.1) is 0 Å². The molecule has 2 heterocycles. The van der Waals surface area contributed by atoms with E-state index in [9.17, 15) is 4.79 Å². The molecule has 6 nitrogen and oxygen atoms in total. The molecule has 22 heavy (non-hydrogen) atoms. The Morgan fingerprint density at radius 2 is 1.86 bits per heavy atom. The van der Waals surface area contributed by atoms with Crippen molar-refractivity contribution in [3.05, 3.63) is 51.9 Å². The van der Waals surface area contributed by atoms with Crippen molar-refractivity contribution in [3.8, 4) is 5.69 Å². The summed E-state index contributed by atoms with van der Waals surface area (Å²) in [5, 5.41) is 6.36. The van der Waals surface area contributed by atoms with Gasteiger partial charge in [-0.3, -0.25) is 14.5 Å². The van der Waals surface area contributed by atoms with Gasteiger partial charge in [0.1, 0.15) is 0 Å². The van der Waals surface area contributed by atoms with Crippen LogP contribution in [-0.2, 0) is 11.8 Å². The highest BCUT2D eigenvalue weighted by Crippen LogP contribution is 2.09. The number of aromatic nitrogens is 2. The summed E-state index contributed by atoms with van der Waals surface area (Å²) in [5.41, 5.74) is 2.32. The zero-order chi connectivity index (χ0) is 15.5. The first kappa shape index (κ1) is 14.6. The van der Waals surface area contributed by atoms with E-state index >= 15 is 0 Å². The highest BCUT2D eigenvalue weighted by atomic mass is 16.5. The van der Waals surface area contributed by atoms with E-state index in [-0.39, 0.29) is 5.56 Å². The van der Waals surface area contributed by atoms with E-state index in [0.29, 0.717) is 18.8 Å². The molecule has 0 N–H and O–H groups in total. The first-order chi connectivity index (χ1) is 10.7. The number of para-hydroxylation sites is 1. The molecule has 0 spiro atoms. The van der Waals surface area contributed by atoms with Crippen molar-refractivity contribution in [2.24, 2.45) is 12.1 Å². The molecular formula is C16H20N4O2. The molecule has 1 fully saturated rings. The lowest BCUT2D eigenvalue weighted by atomic mass is 10.3. The zero-order valence-corrected chi connectivity index (χ0v) is 12.9. The van der Waals surface area contributed by atoms with Crippen LogP contribution in [0.25, 0.3) is 5.69 Å². The van der Waals surface area contributed by atoms with Gasteiger partial charge in [0.2, 0.25) is 0 Å². The van der Waals surface area contributed by atoms with Crippen molar-refractivity contribution >= 4 is 6.21 Å². The third kappa shape index (κ3) is 2.69. The van der Waals surface area contributed by atoms with E-state index in [1.807, 2.05) is 54.0 Å². The Hall–Kier alpha value is -2.34. The van der Waals surface area contributed by atoms with Gasteiger partial charge in [0.25, 0.3) is 5.56 Å². The van der Waals surface area contributed by atoms with Gasteiger partial charge in [-0.2, -0.15) is 5.10 Å².